The third kappa shape index (κ3) is 6.97. The van der Waals surface area contributed by atoms with Gasteiger partial charge in [-0.15, -0.1) is 0 Å². The molecule has 0 aromatic heterocycles. The number of halogens is 2. The number of rotatable bonds is 6. The average molecular weight is 443 g/mol. The van der Waals surface area contributed by atoms with Crippen LogP contribution in [0.15, 0.2) is 48.5 Å². The summed E-state index contributed by atoms with van der Waals surface area (Å²) in [7, 11) is 0. The minimum atomic E-state index is -1.05. The smallest absolute Gasteiger partial charge is 1.00 e. The van der Waals surface area contributed by atoms with Gasteiger partial charge in [0.05, 0.1) is 0 Å². The van der Waals surface area contributed by atoms with Crippen LogP contribution in [0.5, 0.6) is 0 Å². The zero-order valence-corrected chi connectivity index (χ0v) is 19.1. The van der Waals surface area contributed by atoms with Crippen molar-refractivity contribution >= 4 is 11.8 Å². The molecule has 2 amide bonds. The normalized spacial score (nSPS) is 9.33. The fourth-order valence-corrected chi connectivity index (χ4v) is 3.95. The van der Waals surface area contributed by atoms with Gasteiger partial charge in [0, 0.05) is 0 Å². The molecule has 2 aromatic carbocycles. The van der Waals surface area contributed by atoms with Crippen LogP contribution in [0.2, 0.25) is 0 Å². The van der Waals surface area contributed by atoms with Gasteiger partial charge in [-0.2, -0.15) is 0 Å². The van der Waals surface area contributed by atoms with Gasteiger partial charge < -0.3 is 24.8 Å². The van der Waals surface area contributed by atoms with E-state index in [2.05, 4.69) is 0 Å². The van der Waals surface area contributed by atoms with Crippen LogP contribution < -0.4 is 24.8 Å². The molecule has 27 heavy (non-hydrogen) atoms. The van der Waals surface area contributed by atoms with Gasteiger partial charge in [0.1, 0.15) is 0 Å². The van der Waals surface area contributed by atoms with E-state index in [0.29, 0.717) is 24.2 Å². The van der Waals surface area contributed by atoms with Crippen molar-refractivity contribution in [2.45, 2.75) is 27.7 Å². The molecule has 0 aliphatic carbocycles. The van der Waals surface area contributed by atoms with E-state index in [-0.39, 0.29) is 36.6 Å². The second kappa shape index (κ2) is 12.2. The Labute approximate surface area is 183 Å². The number of hydrogen-bond acceptors (Lipinski definition) is 2. The summed E-state index contributed by atoms with van der Waals surface area (Å²) >= 11 is -1.05. The molecule has 2 aromatic rings. The van der Waals surface area contributed by atoms with E-state index < -0.39 is 19.7 Å². The Hall–Kier alpha value is -1.33. The van der Waals surface area contributed by atoms with E-state index >= 15 is 0 Å². The summed E-state index contributed by atoms with van der Waals surface area (Å²) in [5.74, 6) is -0.00434. The van der Waals surface area contributed by atoms with Crippen LogP contribution in [-0.2, 0) is 19.7 Å². The van der Waals surface area contributed by atoms with Gasteiger partial charge in [0.15, 0.2) is 0 Å². The molecule has 0 fully saturated rings. The molecule has 0 N–H and O–H groups in total. The molecule has 0 spiro atoms. The summed E-state index contributed by atoms with van der Waals surface area (Å²) in [5, 5.41) is 0. The predicted octanol–water partition coefficient (Wildman–Crippen LogP) is -2.15. The third-order valence-electron chi connectivity index (χ3n) is 3.96. The van der Waals surface area contributed by atoms with E-state index in [9.17, 15) is 9.59 Å². The van der Waals surface area contributed by atoms with Gasteiger partial charge in [-0.05, 0) is 0 Å². The SMILES string of the molecule is CC[N]([Ti+2][N](CC)C(=O)c1ccc(C)cc1)C(=O)c1ccc(C)cc1.[Cl-].[Cl-]. The van der Waals surface area contributed by atoms with Crippen molar-refractivity contribution in [1.82, 2.24) is 6.76 Å². The molecular weight excluding hydrogens is 419 g/mol. The Morgan fingerprint density at radius 1 is 0.704 bits per heavy atom. The van der Waals surface area contributed by atoms with E-state index in [0.717, 1.165) is 11.1 Å². The standard InChI is InChI=1S/2C10H13NO.2ClH.Ti/c2*1-3-11-10(12)9-6-4-8(2)5-7-9;;;/h2*4-7H,3H2,1-2H3,(H,11,12);2*1H;/q;;;;+4/p-4. The van der Waals surface area contributed by atoms with Crippen molar-refractivity contribution in [3.8, 4) is 0 Å². The molecule has 0 aliphatic rings. The van der Waals surface area contributed by atoms with Gasteiger partial charge in [-0.3, -0.25) is 0 Å². The first-order valence-corrected chi connectivity index (χ1v) is 9.89. The Balaban J connectivity index is 0.00000338. The van der Waals surface area contributed by atoms with Crippen molar-refractivity contribution < 1.29 is 54.1 Å². The van der Waals surface area contributed by atoms with Crippen LogP contribution in [0, 0.1) is 13.8 Å². The minimum Gasteiger partial charge on any atom is -1.00 e. The van der Waals surface area contributed by atoms with Gasteiger partial charge in [0.2, 0.25) is 0 Å². The topological polar surface area (TPSA) is 40.6 Å². The maximum absolute atomic E-state index is 12.8. The van der Waals surface area contributed by atoms with Crippen LogP contribution in [0.3, 0.4) is 0 Å². The molecule has 144 valence electrons. The van der Waals surface area contributed by atoms with Gasteiger partial charge >= 0.3 is 159 Å². The maximum Gasteiger partial charge on any atom is -1.00 e. The molecule has 7 heteroatoms. The average Bonchev–Trinajstić information content (AvgIpc) is 2.63. The summed E-state index contributed by atoms with van der Waals surface area (Å²) in [6, 6.07) is 15.2. The first-order chi connectivity index (χ1) is 12.0. The predicted molar refractivity (Wildman–Crippen MR) is 95.8 cm³/mol. The third-order valence-corrected chi connectivity index (χ3v) is 6.34. The fraction of sp³-hybridized carbons (Fsp3) is 0.300. The van der Waals surface area contributed by atoms with Crippen LogP contribution in [-0.4, -0.2) is 31.7 Å². The number of nitrogens with zero attached hydrogens (tertiary/aromatic N) is 2. The maximum atomic E-state index is 12.8. The Morgan fingerprint density at radius 3 is 1.26 bits per heavy atom. The number of benzene rings is 2. The minimum absolute atomic E-state index is 0. The summed E-state index contributed by atoms with van der Waals surface area (Å²) in [6.45, 7) is 9.12. The van der Waals surface area contributed by atoms with Crippen LogP contribution in [0.4, 0.5) is 0 Å². The zero-order chi connectivity index (χ0) is 18.4. The number of hydrogen-bond donors (Lipinski definition) is 0. The molecule has 2 rings (SSSR count). The molecule has 0 saturated carbocycles. The van der Waals surface area contributed by atoms with Gasteiger partial charge in [-0.1, -0.05) is 0 Å². The first-order valence-electron chi connectivity index (χ1n) is 8.49. The first kappa shape index (κ1) is 25.7. The quantitative estimate of drug-likeness (QED) is 0.478. The molecule has 0 radical (unpaired) electrons. The van der Waals surface area contributed by atoms with Crippen molar-refractivity contribution in [3.63, 3.8) is 0 Å². The number of carbonyl (C=O) groups is 2. The Kier molecular flexibility index (Phi) is 11.6. The molecule has 4 nitrogen and oxygen atoms in total. The molecular formula is C20H24Cl2N2O2Ti. The fourth-order valence-electron chi connectivity index (χ4n) is 2.37. The van der Waals surface area contributed by atoms with E-state index in [1.165, 1.54) is 0 Å². The molecule has 0 bridgehead atoms. The van der Waals surface area contributed by atoms with Crippen molar-refractivity contribution in [2.24, 2.45) is 0 Å². The number of carbonyl (C=O) groups excluding carboxylic acids is 2. The van der Waals surface area contributed by atoms with E-state index in [4.69, 9.17) is 0 Å². The second-order valence-electron chi connectivity index (χ2n) is 5.93. The molecule has 0 aliphatic heterocycles. The summed E-state index contributed by atoms with van der Waals surface area (Å²) in [5.41, 5.74) is 3.60. The molecule has 0 saturated heterocycles. The second-order valence-corrected chi connectivity index (χ2v) is 7.93. The monoisotopic (exact) mass is 442 g/mol. The molecule has 0 heterocycles. The van der Waals surface area contributed by atoms with E-state index in [1.54, 1.807) is 0 Å². The molecule has 0 atom stereocenters. The number of aryl methyl sites for hydroxylation is 2. The summed E-state index contributed by atoms with van der Waals surface area (Å²) < 4.78 is 3.64. The van der Waals surface area contributed by atoms with Crippen LogP contribution >= 0.6 is 0 Å². The summed E-state index contributed by atoms with van der Waals surface area (Å²) in [4.78, 5) is 25.5. The molecule has 0 unspecified atom stereocenters. The van der Waals surface area contributed by atoms with Crippen molar-refractivity contribution in [3.05, 3.63) is 70.8 Å². The van der Waals surface area contributed by atoms with Gasteiger partial charge in [-0.25, -0.2) is 0 Å². The van der Waals surface area contributed by atoms with Crippen LogP contribution in [0.25, 0.3) is 0 Å². The Morgan fingerprint density at radius 2 is 1.00 bits per heavy atom. The number of amides is 2. The van der Waals surface area contributed by atoms with Crippen molar-refractivity contribution in [1.29, 1.82) is 0 Å². The Bertz CT molecular complexity index is 673. The summed E-state index contributed by atoms with van der Waals surface area (Å²) in [6.07, 6.45) is 0. The van der Waals surface area contributed by atoms with Crippen LogP contribution in [0.1, 0.15) is 45.7 Å². The van der Waals surface area contributed by atoms with E-state index in [1.807, 2.05) is 83.0 Å². The van der Waals surface area contributed by atoms with Crippen molar-refractivity contribution in [2.75, 3.05) is 13.1 Å². The largest absolute Gasteiger partial charge is 1.00 e. The zero-order valence-electron chi connectivity index (χ0n) is 16.0. The van der Waals surface area contributed by atoms with Gasteiger partial charge in [0.25, 0.3) is 0 Å².